The molecule has 1 aromatic carbocycles. The van der Waals surface area contributed by atoms with Crippen LogP contribution in [0.5, 0.6) is 5.75 Å². The quantitative estimate of drug-likeness (QED) is 0.748. The molecule has 0 saturated carbocycles. The number of hydrogen-bond donors (Lipinski definition) is 0. The highest BCUT2D eigenvalue weighted by molar-refractivity contribution is 8.03. The second kappa shape index (κ2) is 6.78. The molecule has 1 aliphatic heterocycles. The summed E-state index contributed by atoms with van der Waals surface area (Å²) in [5.74, 6) is 1.11. The average Bonchev–Trinajstić information content (AvgIpc) is 2.88. The lowest BCUT2D eigenvalue weighted by Crippen LogP contribution is -2.28. The van der Waals surface area contributed by atoms with Crippen molar-refractivity contribution >= 4 is 23.2 Å². The molecule has 1 aliphatic rings. The minimum atomic E-state index is -0.359. The summed E-state index contributed by atoms with van der Waals surface area (Å²) in [4.78, 5) is 15.7. The molecule has 1 aromatic rings. The summed E-state index contributed by atoms with van der Waals surface area (Å²) in [7, 11) is 1.69. The topological polar surface area (TPSA) is 29.5 Å². The molecule has 120 valence electrons. The van der Waals surface area contributed by atoms with Crippen LogP contribution in [0.2, 0.25) is 0 Å². The third kappa shape index (κ3) is 2.89. The number of nitrogens with zero attached hydrogens (tertiary/aromatic N) is 1. The predicted molar refractivity (Wildman–Crippen MR) is 93.7 cm³/mol. The number of rotatable bonds is 6. The minimum Gasteiger partial charge on any atom is -0.497 e. The summed E-state index contributed by atoms with van der Waals surface area (Å²) in [6.07, 6.45) is 3.84. The molecular weight excluding hydrogens is 294 g/mol. The van der Waals surface area contributed by atoms with Crippen molar-refractivity contribution in [2.45, 2.75) is 45.4 Å². The number of methoxy groups -OCH3 is 1. The van der Waals surface area contributed by atoms with Crippen LogP contribution in [0.4, 0.5) is 5.69 Å². The SMILES string of the molecule is CCN1/C(=C/C(CC)(CC)C(C)=O)Sc2ccc(OC)cc21. The summed E-state index contributed by atoms with van der Waals surface area (Å²) in [5.41, 5.74) is 0.810. The van der Waals surface area contributed by atoms with Crippen LogP contribution in [0.15, 0.2) is 34.2 Å². The number of Topliss-reactive ketones (excluding diaryl/α,β-unsaturated/α-hetero) is 1. The lowest BCUT2D eigenvalue weighted by atomic mass is 9.79. The number of carbonyl (C=O) groups excluding carboxylic acids is 1. The standard InChI is InChI=1S/C18H25NO2S/c1-6-18(7-2,13(4)20)12-17-19(8-3)15-11-14(21-5)9-10-16(15)22-17/h9-12H,6-8H2,1-5H3/b17-12-. The van der Waals surface area contributed by atoms with E-state index in [0.717, 1.165) is 30.2 Å². The van der Waals surface area contributed by atoms with Crippen molar-refractivity contribution in [2.24, 2.45) is 5.41 Å². The molecule has 0 radical (unpaired) electrons. The Morgan fingerprint density at radius 3 is 2.50 bits per heavy atom. The Kier molecular flexibility index (Phi) is 5.22. The van der Waals surface area contributed by atoms with Crippen LogP contribution in [0, 0.1) is 5.41 Å². The van der Waals surface area contributed by atoms with Gasteiger partial charge in [0.2, 0.25) is 0 Å². The minimum absolute atomic E-state index is 0.246. The Morgan fingerprint density at radius 2 is 2.00 bits per heavy atom. The third-order valence-electron chi connectivity index (χ3n) is 4.62. The largest absolute Gasteiger partial charge is 0.497 e. The van der Waals surface area contributed by atoms with E-state index >= 15 is 0 Å². The zero-order chi connectivity index (χ0) is 16.3. The molecule has 3 nitrogen and oxygen atoms in total. The molecular formula is C18H25NO2S. The molecule has 22 heavy (non-hydrogen) atoms. The van der Waals surface area contributed by atoms with Crippen molar-refractivity contribution in [1.29, 1.82) is 0 Å². The second-order valence-electron chi connectivity index (χ2n) is 5.58. The van der Waals surface area contributed by atoms with E-state index < -0.39 is 0 Å². The molecule has 1 heterocycles. The lowest BCUT2D eigenvalue weighted by molar-refractivity contribution is -0.124. The van der Waals surface area contributed by atoms with Crippen molar-refractivity contribution in [2.75, 3.05) is 18.6 Å². The predicted octanol–water partition coefficient (Wildman–Crippen LogP) is 4.86. The van der Waals surface area contributed by atoms with Gasteiger partial charge in [-0.25, -0.2) is 0 Å². The van der Waals surface area contributed by atoms with Crippen molar-refractivity contribution in [3.8, 4) is 5.75 Å². The first-order valence-corrected chi connectivity index (χ1v) is 8.70. The number of allylic oxidation sites excluding steroid dienone is 1. The van der Waals surface area contributed by atoms with E-state index in [4.69, 9.17) is 4.74 Å². The Labute approximate surface area is 137 Å². The molecule has 0 spiro atoms. The Morgan fingerprint density at radius 1 is 1.32 bits per heavy atom. The highest BCUT2D eigenvalue weighted by Crippen LogP contribution is 2.49. The van der Waals surface area contributed by atoms with Crippen molar-refractivity contribution in [3.05, 3.63) is 29.3 Å². The van der Waals surface area contributed by atoms with Crippen LogP contribution >= 0.6 is 11.8 Å². The fraction of sp³-hybridized carbons (Fsp3) is 0.500. The van der Waals surface area contributed by atoms with E-state index in [1.54, 1.807) is 25.8 Å². The van der Waals surface area contributed by atoms with Gasteiger partial charge in [-0.05, 0) is 44.9 Å². The summed E-state index contributed by atoms with van der Waals surface area (Å²) in [6.45, 7) is 8.90. The Bertz CT molecular complexity index is 591. The van der Waals surface area contributed by atoms with Gasteiger partial charge in [-0.2, -0.15) is 0 Å². The number of anilines is 1. The number of ketones is 1. The van der Waals surface area contributed by atoms with Gasteiger partial charge in [0.15, 0.2) is 0 Å². The van der Waals surface area contributed by atoms with E-state index in [9.17, 15) is 4.79 Å². The summed E-state index contributed by atoms with van der Waals surface area (Å²) < 4.78 is 5.34. The first-order chi connectivity index (χ1) is 10.5. The van der Waals surface area contributed by atoms with Gasteiger partial charge < -0.3 is 9.64 Å². The van der Waals surface area contributed by atoms with Gasteiger partial charge in [-0.1, -0.05) is 25.6 Å². The first-order valence-electron chi connectivity index (χ1n) is 7.88. The molecule has 0 atom stereocenters. The molecule has 0 aliphatic carbocycles. The van der Waals surface area contributed by atoms with Gasteiger partial charge in [0.05, 0.1) is 17.8 Å². The van der Waals surface area contributed by atoms with E-state index in [0.29, 0.717) is 0 Å². The average molecular weight is 319 g/mol. The van der Waals surface area contributed by atoms with E-state index in [-0.39, 0.29) is 11.2 Å². The van der Waals surface area contributed by atoms with Crippen LogP contribution in [0.3, 0.4) is 0 Å². The lowest BCUT2D eigenvalue weighted by Gasteiger charge is -2.28. The number of thioether (sulfide) groups is 1. The number of ether oxygens (including phenoxy) is 1. The summed E-state index contributed by atoms with van der Waals surface area (Å²) in [6, 6.07) is 6.15. The maximum absolute atomic E-state index is 12.2. The highest BCUT2D eigenvalue weighted by atomic mass is 32.2. The molecule has 0 unspecified atom stereocenters. The summed E-state index contributed by atoms with van der Waals surface area (Å²) in [5, 5.41) is 1.16. The zero-order valence-electron chi connectivity index (χ0n) is 14.1. The van der Waals surface area contributed by atoms with E-state index in [1.165, 1.54) is 10.6 Å². The molecule has 0 aromatic heterocycles. The van der Waals surface area contributed by atoms with Crippen LogP contribution in [-0.2, 0) is 4.79 Å². The highest BCUT2D eigenvalue weighted by Gasteiger charge is 2.33. The monoisotopic (exact) mass is 319 g/mol. The smallest absolute Gasteiger partial charge is 0.139 e. The van der Waals surface area contributed by atoms with Crippen molar-refractivity contribution in [1.82, 2.24) is 0 Å². The fourth-order valence-corrected chi connectivity index (χ4v) is 4.19. The normalized spacial score (nSPS) is 16.0. The Hall–Kier alpha value is -1.42. The van der Waals surface area contributed by atoms with E-state index in [1.807, 2.05) is 6.07 Å². The number of fused-ring (bicyclic) bond motifs is 1. The molecule has 0 N–H and O–H groups in total. The third-order valence-corrected chi connectivity index (χ3v) is 5.73. The van der Waals surface area contributed by atoms with E-state index in [2.05, 4.69) is 43.9 Å². The van der Waals surface area contributed by atoms with Crippen LogP contribution in [-0.4, -0.2) is 19.4 Å². The molecule has 2 rings (SSSR count). The second-order valence-corrected chi connectivity index (χ2v) is 6.64. The Balaban J connectivity index is 2.45. The van der Waals surface area contributed by atoms with Gasteiger partial charge >= 0.3 is 0 Å². The first kappa shape index (κ1) is 16.9. The molecule has 0 fully saturated rings. The van der Waals surface area contributed by atoms with Crippen molar-refractivity contribution < 1.29 is 9.53 Å². The molecule has 0 bridgehead atoms. The zero-order valence-corrected chi connectivity index (χ0v) is 14.9. The fourth-order valence-electron chi connectivity index (χ4n) is 2.93. The number of hydrogen-bond acceptors (Lipinski definition) is 4. The van der Waals surface area contributed by atoms with Gasteiger partial charge in [0, 0.05) is 22.9 Å². The van der Waals surface area contributed by atoms with Crippen LogP contribution < -0.4 is 9.64 Å². The van der Waals surface area contributed by atoms with Gasteiger partial charge in [-0.3, -0.25) is 4.79 Å². The maximum atomic E-state index is 12.2. The van der Waals surface area contributed by atoms with Crippen LogP contribution in [0.25, 0.3) is 0 Å². The van der Waals surface area contributed by atoms with Gasteiger partial charge in [-0.15, -0.1) is 0 Å². The van der Waals surface area contributed by atoms with Crippen LogP contribution in [0.1, 0.15) is 40.5 Å². The van der Waals surface area contributed by atoms with Gasteiger partial charge in [0.25, 0.3) is 0 Å². The summed E-state index contributed by atoms with van der Waals surface area (Å²) >= 11 is 1.74. The van der Waals surface area contributed by atoms with Crippen molar-refractivity contribution in [3.63, 3.8) is 0 Å². The number of benzene rings is 1. The number of carbonyl (C=O) groups is 1. The molecule has 0 saturated heterocycles. The maximum Gasteiger partial charge on any atom is 0.139 e. The molecule has 0 amide bonds. The van der Waals surface area contributed by atoms with Gasteiger partial charge in [0.1, 0.15) is 11.5 Å². The molecule has 4 heteroatoms.